The van der Waals surface area contributed by atoms with E-state index in [0.717, 1.165) is 22.7 Å². The predicted octanol–water partition coefficient (Wildman–Crippen LogP) is 4.08. The van der Waals surface area contributed by atoms with E-state index in [-0.39, 0.29) is 17.9 Å². The largest absolute Gasteiger partial charge is 0.489 e. The van der Waals surface area contributed by atoms with Gasteiger partial charge in [-0.25, -0.2) is 4.98 Å². The van der Waals surface area contributed by atoms with Crippen LogP contribution in [0, 0.1) is 6.92 Å². The molecule has 0 radical (unpaired) electrons. The number of rotatable bonds is 2. The maximum atomic E-state index is 13.5. The minimum Gasteiger partial charge on any atom is -0.489 e. The van der Waals surface area contributed by atoms with E-state index in [4.69, 9.17) is 9.26 Å². The number of para-hydroxylation sites is 1. The summed E-state index contributed by atoms with van der Waals surface area (Å²) in [6.45, 7) is 8.92. The summed E-state index contributed by atoms with van der Waals surface area (Å²) < 4.78 is 11.4. The van der Waals surface area contributed by atoms with Crippen LogP contribution in [0.4, 0.5) is 0 Å². The van der Waals surface area contributed by atoms with Gasteiger partial charge in [0.15, 0.2) is 0 Å². The maximum Gasteiger partial charge on any atom is 0.259 e. The molecule has 1 aliphatic heterocycles. The second kappa shape index (κ2) is 6.68. The highest BCUT2D eigenvalue weighted by Gasteiger charge is 2.28. The lowest BCUT2D eigenvalue weighted by Crippen LogP contribution is -2.36. The minimum absolute atomic E-state index is 0.0530. The number of aromatic nitrogens is 2. The molecule has 0 aliphatic carbocycles. The van der Waals surface area contributed by atoms with Crippen LogP contribution < -0.4 is 4.74 Å². The Hall–Kier alpha value is -2.89. The van der Waals surface area contributed by atoms with Crippen LogP contribution >= 0.6 is 0 Å². The van der Waals surface area contributed by atoms with Gasteiger partial charge in [-0.1, -0.05) is 37.2 Å². The van der Waals surface area contributed by atoms with Gasteiger partial charge in [0.05, 0.1) is 23.2 Å². The molecule has 1 amide bonds. The number of nitrogens with zero attached hydrogens (tertiary/aromatic N) is 3. The number of hydrogen-bond donors (Lipinski definition) is 0. The Labute approximate surface area is 158 Å². The van der Waals surface area contributed by atoms with Crippen molar-refractivity contribution in [1.82, 2.24) is 15.0 Å². The van der Waals surface area contributed by atoms with E-state index in [2.05, 4.69) is 10.1 Å². The summed E-state index contributed by atoms with van der Waals surface area (Å²) >= 11 is 0. The smallest absolute Gasteiger partial charge is 0.259 e. The summed E-state index contributed by atoms with van der Waals surface area (Å²) in [5.74, 6) is 0.918. The van der Waals surface area contributed by atoms with Crippen LogP contribution in [0.3, 0.4) is 0 Å². The summed E-state index contributed by atoms with van der Waals surface area (Å²) in [5, 5.41) is 4.88. The normalized spacial score (nSPS) is 16.9. The highest BCUT2D eigenvalue weighted by atomic mass is 16.5. The second-order valence-electron chi connectivity index (χ2n) is 7.44. The van der Waals surface area contributed by atoms with Crippen molar-refractivity contribution in [2.75, 3.05) is 6.54 Å². The number of pyridine rings is 1. The number of ether oxygens (including phenoxy) is 1. The molecule has 3 aromatic rings. The third-order valence-electron chi connectivity index (χ3n) is 4.80. The Morgan fingerprint density at radius 3 is 2.85 bits per heavy atom. The summed E-state index contributed by atoms with van der Waals surface area (Å²) in [6, 6.07) is 9.69. The third-order valence-corrected chi connectivity index (χ3v) is 4.80. The Morgan fingerprint density at radius 2 is 2.07 bits per heavy atom. The van der Waals surface area contributed by atoms with Gasteiger partial charge in [0.25, 0.3) is 11.6 Å². The molecule has 2 aromatic heterocycles. The zero-order chi connectivity index (χ0) is 19.1. The molecule has 0 saturated heterocycles. The van der Waals surface area contributed by atoms with E-state index in [0.29, 0.717) is 29.8 Å². The number of aryl methyl sites for hydroxylation is 1. The van der Waals surface area contributed by atoms with Crippen LogP contribution in [-0.4, -0.2) is 33.6 Å². The van der Waals surface area contributed by atoms with Crippen molar-refractivity contribution in [2.45, 2.75) is 46.3 Å². The first-order chi connectivity index (χ1) is 12.9. The number of carbonyl (C=O) groups is 1. The molecule has 0 fully saturated rings. The second-order valence-corrected chi connectivity index (χ2v) is 7.44. The first kappa shape index (κ1) is 17.5. The van der Waals surface area contributed by atoms with Crippen molar-refractivity contribution < 1.29 is 14.1 Å². The topological polar surface area (TPSA) is 68.5 Å². The third kappa shape index (κ3) is 3.16. The van der Waals surface area contributed by atoms with Crippen molar-refractivity contribution in [3.05, 3.63) is 52.8 Å². The fourth-order valence-electron chi connectivity index (χ4n) is 3.57. The number of benzene rings is 1. The van der Waals surface area contributed by atoms with Gasteiger partial charge in [-0.15, -0.1) is 0 Å². The summed E-state index contributed by atoms with van der Waals surface area (Å²) in [5.41, 5.74) is 3.51. The van der Waals surface area contributed by atoms with E-state index in [1.54, 1.807) is 0 Å². The highest BCUT2D eigenvalue weighted by molar-refractivity contribution is 6.06. The van der Waals surface area contributed by atoms with Gasteiger partial charge in [0.1, 0.15) is 11.9 Å². The number of carbonyl (C=O) groups excluding carboxylic acids is 1. The molecular formula is C21H23N3O3. The average molecular weight is 365 g/mol. The van der Waals surface area contributed by atoms with Gasteiger partial charge < -0.3 is 14.2 Å². The van der Waals surface area contributed by atoms with E-state index < -0.39 is 0 Å². The zero-order valence-electron chi connectivity index (χ0n) is 16.0. The number of hydrogen-bond acceptors (Lipinski definition) is 5. The van der Waals surface area contributed by atoms with Crippen LogP contribution in [0.1, 0.15) is 54.0 Å². The van der Waals surface area contributed by atoms with E-state index in [1.807, 2.05) is 62.9 Å². The first-order valence-electron chi connectivity index (χ1n) is 9.24. The van der Waals surface area contributed by atoms with Crippen LogP contribution in [-0.2, 0) is 6.54 Å². The SMILES string of the molecule is Cc1cc(C(=O)N2Cc3ccccc3OC(C)C2)c2c(C(C)C)noc2n1. The molecular weight excluding hydrogens is 342 g/mol. The quantitative estimate of drug-likeness (QED) is 0.684. The maximum absolute atomic E-state index is 13.5. The molecule has 1 atom stereocenters. The Bertz CT molecular complexity index is 1010. The molecule has 0 N–H and O–H groups in total. The van der Waals surface area contributed by atoms with Crippen molar-refractivity contribution >= 4 is 17.0 Å². The molecule has 1 unspecified atom stereocenters. The molecule has 6 heteroatoms. The van der Waals surface area contributed by atoms with Crippen molar-refractivity contribution in [2.24, 2.45) is 0 Å². The van der Waals surface area contributed by atoms with Crippen LogP contribution in [0.5, 0.6) is 5.75 Å². The van der Waals surface area contributed by atoms with Crippen molar-refractivity contribution in [1.29, 1.82) is 0 Å². The van der Waals surface area contributed by atoms with E-state index in [9.17, 15) is 4.79 Å². The Morgan fingerprint density at radius 1 is 1.30 bits per heavy atom. The molecule has 27 heavy (non-hydrogen) atoms. The van der Waals surface area contributed by atoms with Gasteiger partial charge in [0, 0.05) is 17.8 Å². The van der Waals surface area contributed by atoms with Crippen LogP contribution in [0.15, 0.2) is 34.9 Å². The van der Waals surface area contributed by atoms with Gasteiger partial charge in [-0.3, -0.25) is 4.79 Å². The number of amides is 1. The molecule has 1 aliphatic rings. The number of fused-ring (bicyclic) bond motifs is 2. The lowest BCUT2D eigenvalue weighted by molar-refractivity contribution is 0.0692. The van der Waals surface area contributed by atoms with Gasteiger partial charge in [0.2, 0.25) is 0 Å². The molecule has 0 spiro atoms. The van der Waals surface area contributed by atoms with Gasteiger partial charge >= 0.3 is 0 Å². The summed E-state index contributed by atoms with van der Waals surface area (Å²) in [4.78, 5) is 19.8. The molecule has 0 bridgehead atoms. The minimum atomic E-state index is -0.0944. The lowest BCUT2D eigenvalue weighted by atomic mass is 10.0. The summed E-state index contributed by atoms with van der Waals surface area (Å²) in [6.07, 6.45) is -0.0944. The van der Waals surface area contributed by atoms with E-state index >= 15 is 0 Å². The molecule has 6 nitrogen and oxygen atoms in total. The zero-order valence-corrected chi connectivity index (χ0v) is 16.0. The predicted molar refractivity (Wildman–Crippen MR) is 102 cm³/mol. The average Bonchev–Trinajstić information content (AvgIpc) is 2.97. The fraction of sp³-hybridized carbons (Fsp3) is 0.381. The van der Waals surface area contributed by atoms with Gasteiger partial charge in [-0.2, -0.15) is 0 Å². The first-order valence-corrected chi connectivity index (χ1v) is 9.24. The highest BCUT2D eigenvalue weighted by Crippen LogP contribution is 2.30. The lowest BCUT2D eigenvalue weighted by Gasteiger charge is -2.23. The van der Waals surface area contributed by atoms with Crippen LogP contribution in [0.2, 0.25) is 0 Å². The standard InChI is InChI=1S/C21H23N3O3/c1-12(2)19-18-16(9-13(3)22-20(18)27-23-19)21(25)24-10-14(4)26-17-8-6-5-7-15(17)11-24/h5-9,12,14H,10-11H2,1-4H3. The molecule has 0 saturated carbocycles. The molecule has 3 heterocycles. The monoisotopic (exact) mass is 365 g/mol. The van der Waals surface area contributed by atoms with Crippen molar-refractivity contribution in [3.8, 4) is 5.75 Å². The molecule has 140 valence electrons. The summed E-state index contributed by atoms with van der Waals surface area (Å²) in [7, 11) is 0. The molecule has 1 aromatic carbocycles. The van der Waals surface area contributed by atoms with Gasteiger partial charge in [-0.05, 0) is 31.9 Å². The molecule has 4 rings (SSSR count). The Kier molecular flexibility index (Phi) is 4.34. The van der Waals surface area contributed by atoms with Crippen LogP contribution in [0.25, 0.3) is 11.1 Å². The Balaban J connectivity index is 1.80. The van der Waals surface area contributed by atoms with Crippen molar-refractivity contribution in [3.63, 3.8) is 0 Å². The fourth-order valence-corrected chi connectivity index (χ4v) is 3.57. The van der Waals surface area contributed by atoms with E-state index in [1.165, 1.54) is 0 Å².